The van der Waals surface area contributed by atoms with Gasteiger partial charge >= 0.3 is 5.97 Å². The van der Waals surface area contributed by atoms with Crippen molar-refractivity contribution in [3.05, 3.63) is 12.2 Å². The van der Waals surface area contributed by atoms with Crippen molar-refractivity contribution < 1.29 is 14.6 Å². The highest BCUT2D eigenvalue weighted by Crippen LogP contribution is 1.77. The molecule has 0 atom stereocenters. The second-order valence-corrected chi connectivity index (χ2v) is 1.41. The zero-order chi connectivity index (χ0) is 7.11. The molecule has 1 N–H and O–H groups in total. The number of carbonyl (C=O) groups excluding carboxylic acids is 1. The van der Waals surface area contributed by atoms with Gasteiger partial charge in [-0.05, 0) is 6.92 Å². The Kier molecular flexibility index (Phi) is 4.82. The average Bonchev–Trinajstić information content (AvgIpc) is 1.89. The second kappa shape index (κ2) is 5.31. The molecule has 0 saturated heterocycles. The zero-order valence-electron chi connectivity index (χ0n) is 5.33. The Morgan fingerprint density at radius 3 is 2.89 bits per heavy atom. The Hall–Kier alpha value is -0.830. The van der Waals surface area contributed by atoms with Gasteiger partial charge in [0.1, 0.15) is 13.2 Å². The molecular formula is C6H10O3. The summed E-state index contributed by atoms with van der Waals surface area (Å²) >= 11 is 0. The summed E-state index contributed by atoms with van der Waals surface area (Å²) < 4.78 is 4.46. The molecule has 0 bridgehead atoms. The van der Waals surface area contributed by atoms with Crippen LogP contribution in [0.1, 0.15) is 6.92 Å². The Balaban J connectivity index is 3.17. The molecule has 0 saturated carbocycles. The molecule has 0 aromatic heterocycles. The molecule has 0 aliphatic carbocycles. The summed E-state index contributed by atoms with van der Waals surface area (Å²) in [6.45, 7) is 1.53. The summed E-state index contributed by atoms with van der Waals surface area (Å²) in [4.78, 5) is 10.2. The van der Waals surface area contributed by atoms with E-state index < -0.39 is 12.6 Å². The lowest BCUT2D eigenvalue weighted by Gasteiger charge is -1.95. The van der Waals surface area contributed by atoms with Crippen molar-refractivity contribution in [3.8, 4) is 0 Å². The minimum atomic E-state index is -0.590. The van der Waals surface area contributed by atoms with E-state index in [2.05, 4.69) is 4.74 Å². The van der Waals surface area contributed by atoms with Gasteiger partial charge in [0.2, 0.25) is 0 Å². The molecule has 9 heavy (non-hydrogen) atoms. The average molecular weight is 130 g/mol. The standard InChI is InChI=1S/C6H10O3/c1-2-3-4-9-6(8)5-7/h2-3,7H,4-5H2,1H3/b3-2+. The van der Waals surface area contributed by atoms with E-state index in [4.69, 9.17) is 5.11 Å². The quantitative estimate of drug-likeness (QED) is 0.435. The van der Waals surface area contributed by atoms with Crippen LogP contribution in [0.5, 0.6) is 0 Å². The largest absolute Gasteiger partial charge is 0.460 e. The molecule has 3 heteroatoms. The molecule has 0 heterocycles. The molecular weight excluding hydrogens is 120 g/mol. The van der Waals surface area contributed by atoms with Crippen molar-refractivity contribution in [1.29, 1.82) is 0 Å². The minimum absolute atomic E-state index is 0.246. The molecule has 0 unspecified atom stereocenters. The fourth-order valence-electron chi connectivity index (χ4n) is 0.283. The molecule has 0 aromatic carbocycles. The van der Waals surface area contributed by atoms with Gasteiger partial charge in [-0.3, -0.25) is 0 Å². The SMILES string of the molecule is C/C=C/COC(=O)CO. The number of esters is 1. The summed E-state index contributed by atoms with van der Waals surface area (Å²) in [5.41, 5.74) is 0. The van der Waals surface area contributed by atoms with Crippen LogP contribution in [-0.2, 0) is 9.53 Å². The Labute approximate surface area is 53.9 Å². The molecule has 0 amide bonds. The summed E-state index contributed by atoms with van der Waals surface area (Å²) in [7, 11) is 0. The van der Waals surface area contributed by atoms with Crippen LogP contribution in [0.15, 0.2) is 12.2 Å². The van der Waals surface area contributed by atoms with Crippen molar-refractivity contribution >= 4 is 5.97 Å². The molecule has 0 spiro atoms. The van der Waals surface area contributed by atoms with Crippen molar-refractivity contribution in [3.63, 3.8) is 0 Å². The smallest absolute Gasteiger partial charge is 0.332 e. The van der Waals surface area contributed by atoms with E-state index in [0.29, 0.717) is 0 Å². The van der Waals surface area contributed by atoms with E-state index in [1.807, 2.05) is 6.92 Å². The van der Waals surface area contributed by atoms with Crippen LogP contribution in [0.2, 0.25) is 0 Å². The molecule has 0 aromatic rings. The van der Waals surface area contributed by atoms with E-state index >= 15 is 0 Å². The molecule has 0 aliphatic rings. The maximum atomic E-state index is 10.2. The summed E-state index contributed by atoms with van der Waals surface area (Å²) in [5.74, 6) is -0.590. The van der Waals surface area contributed by atoms with Gasteiger partial charge in [0.05, 0.1) is 0 Å². The third kappa shape index (κ3) is 5.03. The highest BCUT2D eigenvalue weighted by Gasteiger charge is 1.94. The predicted octanol–water partition coefficient (Wildman–Crippen LogP) is 0.0980. The van der Waals surface area contributed by atoms with Crippen molar-refractivity contribution in [2.45, 2.75) is 6.92 Å². The Morgan fingerprint density at radius 2 is 2.44 bits per heavy atom. The molecule has 0 aliphatic heterocycles. The first-order chi connectivity index (χ1) is 4.31. The van der Waals surface area contributed by atoms with E-state index in [1.165, 1.54) is 0 Å². The lowest BCUT2D eigenvalue weighted by molar-refractivity contribution is -0.145. The number of allylic oxidation sites excluding steroid dienone is 1. The fourth-order valence-corrected chi connectivity index (χ4v) is 0.283. The number of aliphatic hydroxyl groups is 1. The van der Waals surface area contributed by atoms with Crippen molar-refractivity contribution in [2.75, 3.05) is 13.2 Å². The molecule has 0 fully saturated rings. The lowest BCUT2D eigenvalue weighted by atomic mass is 10.5. The summed E-state index contributed by atoms with van der Waals surface area (Å²) in [5, 5.41) is 8.14. The monoisotopic (exact) mass is 130 g/mol. The van der Waals surface area contributed by atoms with Gasteiger partial charge in [-0.2, -0.15) is 0 Å². The van der Waals surface area contributed by atoms with Crippen LogP contribution in [0, 0.1) is 0 Å². The van der Waals surface area contributed by atoms with E-state index in [-0.39, 0.29) is 6.61 Å². The van der Waals surface area contributed by atoms with Gasteiger partial charge in [-0.25, -0.2) is 4.79 Å². The fraction of sp³-hybridized carbons (Fsp3) is 0.500. The van der Waals surface area contributed by atoms with E-state index in [0.717, 1.165) is 0 Å². The van der Waals surface area contributed by atoms with Crippen molar-refractivity contribution in [2.24, 2.45) is 0 Å². The first-order valence-electron chi connectivity index (χ1n) is 2.69. The van der Waals surface area contributed by atoms with Gasteiger partial charge in [0, 0.05) is 0 Å². The molecule has 3 nitrogen and oxygen atoms in total. The van der Waals surface area contributed by atoms with Gasteiger partial charge in [-0.15, -0.1) is 0 Å². The van der Waals surface area contributed by atoms with Crippen LogP contribution < -0.4 is 0 Å². The summed E-state index contributed by atoms with van der Waals surface area (Å²) in [6.07, 6.45) is 3.46. The molecule has 0 radical (unpaired) electrons. The highest BCUT2D eigenvalue weighted by atomic mass is 16.5. The topological polar surface area (TPSA) is 46.5 Å². The predicted molar refractivity (Wildman–Crippen MR) is 32.9 cm³/mol. The van der Waals surface area contributed by atoms with E-state index in [1.54, 1.807) is 12.2 Å². The van der Waals surface area contributed by atoms with Crippen molar-refractivity contribution in [1.82, 2.24) is 0 Å². The van der Waals surface area contributed by atoms with Gasteiger partial charge in [-0.1, -0.05) is 12.2 Å². The normalized spacial score (nSPS) is 10.0. The minimum Gasteiger partial charge on any atom is -0.460 e. The van der Waals surface area contributed by atoms with E-state index in [9.17, 15) is 4.79 Å². The van der Waals surface area contributed by atoms with Crippen LogP contribution in [0.3, 0.4) is 0 Å². The third-order valence-corrected chi connectivity index (χ3v) is 0.705. The number of rotatable bonds is 3. The van der Waals surface area contributed by atoms with Gasteiger partial charge < -0.3 is 9.84 Å². The van der Waals surface area contributed by atoms with Crippen LogP contribution in [-0.4, -0.2) is 24.3 Å². The lowest BCUT2D eigenvalue weighted by Crippen LogP contribution is -2.08. The maximum absolute atomic E-state index is 10.2. The number of aliphatic hydroxyl groups excluding tert-OH is 1. The van der Waals surface area contributed by atoms with Crippen LogP contribution >= 0.6 is 0 Å². The first kappa shape index (κ1) is 8.17. The third-order valence-electron chi connectivity index (χ3n) is 0.705. The Morgan fingerprint density at radius 1 is 1.78 bits per heavy atom. The number of carbonyl (C=O) groups is 1. The highest BCUT2D eigenvalue weighted by molar-refractivity contribution is 5.70. The summed E-state index contributed by atoms with van der Waals surface area (Å²) in [6, 6.07) is 0. The van der Waals surface area contributed by atoms with Crippen LogP contribution in [0.25, 0.3) is 0 Å². The molecule has 0 rings (SSSR count). The number of ether oxygens (including phenoxy) is 1. The number of hydrogen-bond acceptors (Lipinski definition) is 3. The van der Waals surface area contributed by atoms with Gasteiger partial charge in [0.25, 0.3) is 0 Å². The zero-order valence-corrected chi connectivity index (χ0v) is 5.33. The van der Waals surface area contributed by atoms with Gasteiger partial charge in [0.15, 0.2) is 0 Å². The number of hydrogen-bond donors (Lipinski definition) is 1. The second-order valence-electron chi connectivity index (χ2n) is 1.41. The van der Waals surface area contributed by atoms with Crippen LogP contribution in [0.4, 0.5) is 0 Å². The molecule has 52 valence electrons. The maximum Gasteiger partial charge on any atom is 0.332 e. The Bertz CT molecular complexity index is 107. The first-order valence-corrected chi connectivity index (χ1v) is 2.69.